The Hall–Kier alpha value is -2.81. The van der Waals surface area contributed by atoms with Gasteiger partial charge in [-0.25, -0.2) is 4.98 Å². The second-order valence-corrected chi connectivity index (χ2v) is 8.26. The Morgan fingerprint density at radius 1 is 1.00 bits per heavy atom. The Balaban J connectivity index is 1.42. The van der Waals surface area contributed by atoms with Crippen LogP contribution < -0.4 is 9.80 Å². The van der Waals surface area contributed by atoms with Crippen molar-refractivity contribution in [1.29, 1.82) is 0 Å². The highest BCUT2D eigenvalue weighted by atomic mass is 35.5. The summed E-state index contributed by atoms with van der Waals surface area (Å²) >= 11 is 6.08. The van der Waals surface area contributed by atoms with E-state index in [0.717, 1.165) is 24.4 Å². The maximum Gasteiger partial charge on any atom is 0.417 e. The number of anilines is 2. The zero-order valence-corrected chi connectivity index (χ0v) is 18.0. The van der Waals surface area contributed by atoms with Crippen molar-refractivity contribution in [3.05, 3.63) is 52.7 Å². The molecule has 0 aliphatic carbocycles. The van der Waals surface area contributed by atoms with Crippen molar-refractivity contribution in [2.24, 2.45) is 0 Å². The maximum absolute atomic E-state index is 13.0. The molecule has 2 aliphatic rings. The fraction of sp³-hybridized carbons (Fsp3) is 0.409. The normalized spacial score (nSPS) is 17.6. The van der Waals surface area contributed by atoms with E-state index in [1.165, 1.54) is 0 Å². The van der Waals surface area contributed by atoms with E-state index in [-0.39, 0.29) is 22.7 Å². The topological polar surface area (TPSA) is 56.8 Å². The van der Waals surface area contributed by atoms with E-state index in [0.29, 0.717) is 51.1 Å². The molecule has 6 nitrogen and oxygen atoms in total. The summed E-state index contributed by atoms with van der Waals surface area (Å²) < 4.78 is 38.6. The van der Waals surface area contributed by atoms with Crippen LogP contribution in [0.15, 0.2) is 36.5 Å². The summed E-state index contributed by atoms with van der Waals surface area (Å²) in [6.45, 7) is 2.53. The summed E-state index contributed by atoms with van der Waals surface area (Å²) in [4.78, 5) is 34.0. The predicted octanol–water partition coefficient (Wildman–Crippen LogP) is 4.23. The number of hydrogen-bond donors (Lipinski definition) is 0. The number of rotatable bonds is 3. The molecule has 0 bridgehead atoms. The molecule has 10 heteroatoms. The molecule has 2 fully saturated rings. The lowest BCUT2D eigenvalue weighted by Gasteiger charge is -2.24. The minimum atomic E-state index is -4.51. The average Bonchev–Trinajstić information content (AvgIpc) is 3.04. The summed E-state index contributed by atoms with van der Waals surface area (Å²) in [6.07, 6.45) is -1.72. The molecule has 0 unspecified atom stereocenters. The van der Waals surface area contributed by atoms with Gasteiger partial charge in [0.15, 0.2) is 0 Å². The number of amides is 2. The van der Waals surface area contributed by atoms with Gasteiger partial charge < -0.3 is 14.7 Å². The molecule has 32 heavy (non-hydrogen) atoms. The van der Waals surface area contributed by atoms with E-state index in [2.05, 4.69) is 4.98 Å². The average molecular weight is 467 g/mol. The monoisotopic (exact) mass is 466 g/mol. The van der Waals surface area contributed by atoms with E-state index in [9.17, 15) is 22.8 Å². The first kappa shape index (κ1) is 22.4. The summed E-state index contributed by atoms with van der Waals surface area (Å²) in [5.41, 5.74) is 0.422. The molecule has 4 rings (SSSR count). The van der Waals surface area contributed by atoms with Crippen molar-refractivity contribution < 1.29 is 22.8 Å². The second kappa shape index (κ2) is 8.97. The van der Waals surface area contributed by atoms with Crippen molar-refractivity contribution in [2.45, 2.75) is 25.4 Å². The summed E-state index contributed by atoms with van der Waals surface area (Å²) in [5, 5.41) is -0.0633. The zero-order chi connectivity index (χ0) is 22.9. The molecule has 0 spiro atoms. The quantitative estimate of drug-likeness (QED) is 0.679. The minimum Gasteiger partial charge on any atom is -0.354 e. The molecule has 1 aromatic heterocycles. The number of carbonyl (C=O) groups excluding carboxylic acids is 2. The fourth-order valence-electron chi connectivity index (χ4n) is 4.04. The number of nitrogens with zero attached hydrogens (tertiary/aromatic N) is 4. The Labute approximate surface area is 188 Å². The first-order chi connectivity index (χ1) is 15.2. The molecule has 2 aromatic rings. The van der Waals surface area contributed by atoms with Crippen LogP contribution in [0.2, 0.25) is 5.02 Å². The Kier molecular flexibility index (Phi) is 6.28. The van der Waals surface area contributed by atoms with Crippen LogP contribution in [0.1, 0.15) is 35.2 Å². The molecule has 0 saturated carbocycles. The van der Waals surface area contributed by atoms with Crippen LogP contribution in [-0.4, -0.2) is 54.4 Å². The first-order valence-corrected chi connectivity index (χ1v) is 10.8. The van der Waals surface area contributed by atoms with Crippen molar-refractivity contribution in [2.75, 3.05) is 42.5 Å². The van der Waals surface area contributed by atoms with Gasteiger partial charge in [0, 0.05) is 56.6 Å². The maximum atomic E-state index is 13.0. The first-order valence-electron chi connectivity index (χ1n) is 10.4. The highest BCUT2D eigenvalue weighted by Gasteiger charge is 2.32. The van der Waals surface area contributed by atoms with Gasteiger partial charge in [0.1, 0.15) is 5.82 Å². The van der Waals surface area contributed by atoms with Crippen LogP contribution in [0.5, 0.6) is 0 Å². The Bertz CT molecular complexity index is 1010. The van der Waals surface area contributed by atoms with Gasteiger partial charge in [-0.3, -0.25) is 9.59 Å². The highest BCUT2D eigenvalue weighted by molar-refractivity contribution is 6.33. The number of aromatic nitrogens is 1. The van der Waals surface area contributed by atoms with Gasteiger partial charge in [-0.05, 0) is 43.2 Å². The molecule has 1 aromatic carbocycles. The third-order valence-corrected chi connectivity index (χ3v) is 6.01. The van der Waals surface area contributed by atoms with E-state index < -0.39 is 11.7 Å². The lowest BCUT2D eigenvalue weighted by molar-refractivity contribution is -0.137. The van der Waals surface area contributed by atoms with Crippen LogP contribution in [-0.2, 0) is 11.0 Å². The second-order valence-electron chi connectivity index (χ2n) is 7.86. The van der Waals surface area contributed by atoms with E-state index >= 15 is 0 Å². The lowest BCUT2D eigenvalue weighted by Crippen LogP contribution is -2.35. The van der Waals surface area contributed by atoms with Gasteiger partial charge in [0.2, 0.25) is 5.91 Å². The number of hydrogen-bond acceptors (Lipinski definition) is 4. The van der Waals surface area contributed by atoms with Crippen LogP contribution in [0.25, 0.3) is 0 Å². The van der Waals surface area contributed by atoms with Gasteiger partial charge in [0.25, 0.3) is 5.91 Å². The molecule has 2 saturated heterocycles. The van der Waals surface area contributed by atoms with Crippen molar-refractivity contribution in [3.63, 3.8) is 0 Å². The number of alkyl halides is 3. The summed E-state index contributed by atoms with van der Waals surface area (Å²) in [5.74, 6) is 0.249. The van der Waals surface area contributed by atoms with Crippen LogP contribution in [0.3, 0.4) is 0 Å². The van der Waals surface area contributed by atoms with Crippen LogP contribution >= 0.6 is 11.6 Å². The Morgan fingerprint density at radius 3 is 2.38 bits per heavy atom. The number of pyridine rings is 1. The van der Waals surface area contributed by atoms with Gasteiger partial charge in [0.05, 0.1) is 10.6 Å². The predicted molar refractivity (Wildman–Crippen MR) is 115 cm³/mol. The van der Waals surface area contributed by atoms with E-state index in [4.69, 9.17) is 11.6 Å². The molecule has 0 atom stereocenters. The van der Waals surface area contributed by atoms with E-state index in [1.807, 2.05) is 0 Å². The van der Waals surface area contributed by atoms with Crippen LogP contribution in [0, 0.1) is 0 Å². The number of benzene rings is 1. The van der Waals surface area contributed by atoms with Crippen molar-refractivity contribution in [3.8, 4) is 0 Å². The molecule has 2 amide bonds. The summed E-state index contributed by atoms with van der Waals surface area (Å²) in [6, 6.07) is 7.89. The van der Waals surface area contributed by atoms with Gasteiger partial charge >= 0.3 is 6.18 Å². The highest BCUT2D eigenvalue weighted by Crippen LogP contribution is 2.33. The van der Waals surface area contributed by atoms with Gasteiger partial charge in [-0.2, -0.15) is 13.2 Å². The molecule has 170 valence electrons. The molecular formula is C22H22ClF3N4O2. The fourth-order valence-corrected chi connectivity index (χ4v) is 4.32. The molecule has 3 heterocycles. The summed E-state index contributed by atoms with van der Waals surface area (Å²) in [7, 11) is 0. The molecule has 2 aliphatic heterocycles. The third kappa shape index (κ3) is 4.67. The van der Waals surface area contributed by atoms with E-state index in [1.54, 1.807) is 39.0 Å². The largest absolute Gasteiger partial charge is 0.417 e. The molecule has 0 N–H and O–H groups in total. The smallest absolute Gasteiger partial charge is 0.354 e. The van der Waals surface area contributed by atoms with Crippen LogP contribution in [0.4, 0.5) is 24.7 Å². The lowest BCUT2D eigenvalue weighted by atomic mass is 10.1. The van der Waals surface area contributed by atoms with Gasteiger partial charge in [-0.1, -0.05) is 11.6 Å². The minimum absolute atomic E-state index is 0.0633. The third-order valence-electron chi connectivity index (χ3n) is 5.73. The number of carbonyl (C=O) groups is 2. The number of halogens is 4. The standard InChI is InChI=1S/C22H22ClF3N4O2/c23-18-13-16(22(24,25)26)14-27-20(18)28-8-2-9-29(12-11-28)21(32)15-4-6-17(7-5-15)30-10-1-3-19(30)31/h4-7,13-14H,1-3,8-12H2. The Morgan fingerprint density at radius 2 is 1.75 bits per heavy atom. The van der Waals surface area contributed by atoms with Crippen molar-refractivity contribution in [1.82, 2.24) is 9.88 Å². The SMILES string of the molecule is O=C(c1ccc(N2CCCC2=O)cc1)N1CCCN(c2ncc(C(F)(F)F)cc2Cl)CC1. The van der Waals surface area contributed by atoms with Gasteiger partial charge in [-0.15, -0.1) is 0 Å². The zero-order valence-electron chi connectivity index (χ0n) is 17.2. The molecule has 0 radical (unpaired) electrons. The van der Waals surface area contributed by atoms with Crippen molar-refractivity contribution >= 4 is 34.9 Å². The molecular weight excluding hydrogens is 445 g/mol.